The molecule has 25 heavy (non-hydrogen) atoms. The number of benzene rings is 2. The van der Waals surface area contributed by atoms with Gasteiger partial charge >= 0.3 is 5.97 Å². The van der Waals surface area contributed by atoms with Crippen molar-refractivity contribution in [1.29, 1.82) is 0 Å². The first kappa shape index (κ1) is 18.4. The van der Waals surface area contributed by atoms with Crippen LogP contribution in [0.25, 0.3) is 0 Å². The van der Waals surface area contributed by atoms with Crippen molar-refractivity contribution in [2.24, 2.45) is 0 Å². The molecule has 0 aromatic heterocycles. The lowest BCUT2D eigenvalue weighted by atomic mass is 10.1. The summed E-state index contributed by atoms with van der Waals surface area (Å²) < 4.78 is 15.4. The highest BCUT2D eigenvalue weighted by atomic mass is 16.5. The van der Waals surface area contributed by atoms with Gasteiger partial charge in [0.05, 0.1) is 20.8 Å². The highest BCUT2D eigenvalue weighted by Crippen LogP contribution is 2.37. The molecular formula is C19H22O6. The molecular weight excluding hydrogens is 324 g/mol. The predicted octanol–water partition coefficient (Wildman–Crippen LogP) is 2.83. The molecule has 0 bridgehead atoms. The van der Waals surface area contributed by atoms with Crippen molar-refractivity contribution >= 4 is 5.97 Å². The van der Waals surface area contributed by atoms with Gasteiger partial charge < -0.3 is 24.4 Å². The zero-order valence-corrected chi connectivity index (χ0v) is 14.3. The van der Waals surface area contributed by atoms with Gasteiger partial charge in [-0.2, -0.15) is 0 Å². The Morgan fingerprint density at radius 3 is 2.08 bits per heavy atom. The van der Waals surface area contributed by atoms with Crippen LogP contribution < -0.4 is 9.47 Å². The van der Waals surface area contributed by atoms with Gasteiger partial charge in [0.1, 0.15) is 5.75 Å². The fraction of sp³-hybridized carbons (Fsp3) is 0.316. The summed E-state index contributed by atoms with van der Waals surface area (Å²) in [5, 5.41) is 19.1. The second-order valence-corrected chi connectivity index (χ2v) is 5.49. The summed E-state index contributed by atoms with van der Waals surface area (Å²) in [5.41, 5.74) is 1.79. The van der Waals surface area contributed by atoms with Gasteiger partial charge in [-0.15, -0.1) is 0 Å². The summed E-state index contributed by atoms with van der Waals surface area (Å²) in [6.07, 6.45) is 1.25. The quantitative estimate of drug-likeness (QED) is 0.715. The summed E-state index contributed by atoms with van der Waals surface area (Å²) in [6.45, 7) is 0.284. The van der Waals surface area contributed by atoms with Gasteiger partial charge in [0, 0.05) is 12.8 Å². The summed E-state index contributed by atoms with van der Waals surface area (Å²) in [5.74, 6) is 0.445. The summed E-state index contributed by atoms with van der Waals surface area (Å²) in [7, 11) is 2.91. The van der Waals surface area contributed by atoms with Crippen LogP contribution in [0.1, 0.15) is 17.5 Å². The van der Waals surface area contributed by atoms with E-state index >= 15 is 0 Å². The molecule has 0 radical (unpaired) electrons. The van der Waals surface area contributed by atoms with Crippen LogP contribution in [0.3, 0.4) is 0 Å². The van der Waals surface area contributed by atoms with Crippen molar-refractivity contribution in [3.63, 3.8) is 0 Å². The molecule has 0 saturated heterocycles. The first-order valence-electron chi connectivity index (χ1n) is 7.91. The van der Waals surface area contributed by atoms with E-state index in [9.17, 15) is 15.0 Å². The molecule has 0 aliphatic rings. The number of methoxy groups -OCH3 is 2. The van der Waals surface area contributed by atoms with Crippen LogP contribution >= 0.6 is 0 Å². The Bertz CT molecular complexity index is 683. The topological polar surface area (TPSA) is 85.2 Å². The van der Waals surface area contributed by atoms with Gasteiger partial charge in [0.2, 0.25) is 5.75 Å². The number of ether oxygens (including phenoxy) is 3. The lowest BCUT2D eigenvalue weighted by Crippen LogP contribution is -2.08. The van der Waals surface area contributed by atoms with Crippen LogP contribution in [0, 0.1) is 0 Å². The number of hydrogen-bond donors (Lipinski definition) is 2. The molecule has 2 aromatic carbocycles. The van der Waals surface area contributed by atoms with Gasteiger partial charge in [-0.05, 0) is 41.8 Å². The lowest BCUT2D eigenvalue weighted by molar-refractivity contribution is -0.143. The minimum absolute atomic E-state index is 0.0646. The molecule has 6 heteroatoms. The van der Waals surface area contributed by atoms with E-state index in [2.05, 4.69) is 0 Å². The highest BCUT2D eigenvalue weighted by molar-refractivity contribution is 5.70. The number of rotatable bonds is 8. The number of aryl methyl sites for hydroxylation is 1. The van der Waals surface area contributed by atoms with Gasteiger partial charge in [0.15, 0.2) is 11.5 Å². The van der Waals surface area contributed by atoms with Crippen LogP contribution in [0.2, 0.25) is 0 Å². The van der Waals surface area contributed by atoms with E-state index in [4.69, 9.17) is 14.2 Å². The largest absolute Gasteiger partial charge is 0.508 e. The Labute approximate surface area is 146 Å². The van der Waals surface area contributed by atoms with E-state index in [0.29, 0.717) is 24.3 Å². The van der Waals surface area contributed by atoms with Crippen molar-refractivity contribution in [3.8, 4) is 23.0 Å². The zero-order valence-electron chi connectivity index (χ0n) is 14.3. The third-order valence-corrected chi connectivity index (χ3v) is 3.75. The number of carbonyl (C=O) groups excluding carboxylic acids is 1. The Kier molecular flexibility index (Phi) is 6.51. The SMILES string of the molecule is COc1cc(CCC(=O)OCCc2ccc(O)cc2)cc(OC)c1O. The Hall–Kier alpha value is -2.89. The van der Waals surface area contributed by atoms with E-state index in [1.807, 2.05) is 0 Å². The van der Waals surface area contributed by atoms with Crippen LogP contribution in [-0.2, 0) is 22.4 Å². The number of aromatic hydroxyl groups is 2. The minimum atomic E-state index is -0.301. The normalized spacial score (nSPS) is 10.3. The lowest BCUT2D eigenvalue weighted by Gasteiger charge is -2.11. The molecule has 0 unspecified atom stereocenters. The molecule has 0 amide bonds. The molecule has 134 valence electrons. The average molecular weight is 346 g/mol. The molecule has 0 aliphatic heterocycles. The fourth-order valence-corrected chi connectivity index (χ4v) is 2.36. The maximum atomic E-state index is 11.9. The molecule has 0 fully saturated rings. The van der Waals surface area contributed by atoms with Gasteiger partial charge in [-0.3, -0.25) is 4.79 Å². The molecule has 0 spiro atoms. The van der Waals surface area contributed by atoms with Crippen molar-refractivity contribution in [2.45, 2.75) is 19.3 Å². The predicted molar refractivity (Wildman–Crippen MR) is 92.3 cm³/mol. The molecule has 2 rings (SSSR count). The molecule has 2 N–H and O–H groups in total. The first-order chi connectivity index (χ1) is 12.0. The maximum absolute atomic E-state index is 11.9. The number of carbonyl (C=O) groups is 1. The second kappa shape index (κ2) is 8.82. The minimum Gasteiger partial charge on any atom is -0.508 e. The molecule has 0 saturated carbocycles. The van der Waals surface area contributed by atoms with Crippen molar-refractivity contribution in [2.75, 3.05) is 20.8 Å². The van der Waals surface area contributed by atoms with Crippen LogP contribution in [0.15, 0.2) is 36.4 Å². The molecule has 0 heterocycles. The Balaban J connectivity index is 1.82. The number of esters is 1. The van der Waals surface area contributed by atoms with E-state index < -0.39 is 0 Å². The Morgan fingerprint density at radius 2 is 1.52 bits per heavy atom. The Morgan fingerprint density at radius 1 is 0.920 bits per heavy atom. The number of phenolic OH excluding ortho intramolecular Hbond substituents is 2. The second-order valence-electron chi connectivity index (χ2n) is 5.49. The van der Waals surface area contributed by atoms with Crippen molar-refractivity contribution < 1.29 is 29.2 Å². The van der Waals surface area contributed by atoms with Crippen LogP contribution in [0.5, 0.6) is 23.0 Å². The highest BCUT2D eigenvalue weighted by Gasteiger charge is 2.12. The van der Waals surface area contributed by atoms with Crippen molar-refractivity contribution in [1.82, 2.24) is 0 Å². The standard InChI is InChI=1S/C19H22O6/c1-23-16-11-14(12-17(24-2)19(16)22)5-8-18(21)25-10-9-13-3-6-15(20)7-4-13/h3-4,6-7,11-12,20,22H,5,8-10H2,1-2H3. The first-order valence-corrected chi connectivity index (χ1v) is 7.91. The van der Waals surface area contributed by atoms with E-state index in [-0.39, 0.29) is 30.5 Å². The maximum Gasteiger partial charge on any atom is 0.306 e. The molecule has 0 aliphatic carbocycles. The molecule has 2 aromatic rings. The fourth-order valence-electron chi connectivity index (χ4n) is 2.36. The average Bonchev–Trinajstić information content (AvgIpc) is 2.62. The molecule has 0 atom stereocenters. The van der Waals surface area contributed by atoms with E-state index in [1.165, 1.54) is 14.2 Å². The molecule has 6 nitrogen and oxygen atoms in total. The van der Waals surface area contributed by atoms with Gasteiger partial charge in [-0.25, -0.2) is 0 Å². The van der Waals surface area contributed by atoms with Gasteiger partial charge in [0.25, 0.3) is 0 Å². The van der Waals surface area contributed by atoms with E-state index in [1.54, 1.807) is 36.4 Å². The summed E-state index contributed by atoms with van der Waals surface area (Å²) >= 11 is 0. The number of phenols is 2. The smallest absolute Gasteiger partial charge is 0.306 e. The van der Waals surface area contributed by atoms with E-state index in [0.717, 1.165) is 11.1 Å². The third-order valence-electron chi connectivity index (χ3n) is 3.75. The summed E-state index contributed by atoms with van der Waals surface area (Å²) in [4.78, 5) is 11.9. The third kappa shape index (κ3) is 5.31. The monoisotopic (exact) mass is 346 g/mol. The zero-order chi connectivity index (χ0) is 18.2. The number of hydrogen-bond acceptors (Lipinski definition) is 6. The summed E-state index contributed by atoms with van der Waals surface area (Å²) in [6, 6.07) is 10.1. The van der Waals surface area contributed by atoms with Crippen molar-refractivity contribution in [3.05, 3.63) is 47.5 Å². The van der Waals surface area contributed by atoms with Gasteiger partial charge in [-0.1, -0.05) is 12.1 Å². The van der Waals surface area contributed by atoms with Crippen LogP contribution in [0.4, 0.5) is 0 Å². The van der Waals surface area contributed by atoms with Crippen LogP contribution in [-0.4, -0.2) is 37.0 Å².